The van der Waals surface area contributed by atoms with Gasteiger partial charge < -0.3 is 14.5 Å². The summed E-state index contributed by atoms with van der Waals surface area (Å²) >= 11 is 5.86. The summed E-state index contributed by atoms with van der Waals surface area (Å²) in [6.45, 7) is 0. The van der Waals surface area contributed by atoms with E-state index in [1.165, 1.54) is 0 Å². The predicted molar refractivity (Wildman–Crippen MR) is 105 cm³/mol. The highest BCUT2D eigenvalue weighted by Crippen LogP contribution is 2.28. The second-order valence-electron chi connectivity index (χ2n) is 5.89. The van der Waals surface area contributed by atoms with Crippen molar-refractivity contribution in [3.05, 3.63) is 77.3 Å². The van der Waals surface area contributed by atoms with Gasteiger partial charge in [0.2, 0.25) is 5.89 Å². The number of nitrogens with zero attached hydrogens (tertiary/aromatic N) is 1. The summed E-state index contributed by atoms with van der Waals surface area (Å²) in [7, 11) is 1.61. The predicted octanol–water partition coefficient (Wildman–Crippen LogP) is 5.41. The Morgan fingerprint density at radius 1 is 1.07 bits per heavy atom. The zero-order valence-electron chi connectivity index (χ0n) is 14.4. The van der Waals surface area contributed by atoms with Crippen LogP contribution in [0, 0.1) is 0 Å². The summed E-state index contributed by atoms with van der Waals surface area (Å²) in [4.78, 5) is 16.9. The zero-order chi connectivity index (χ0) is 18.8. The standard InChI is InChI=1S/C21H15ClN2O3/c1-26-17-4-2-3-14(11-17)21-24-18-12-16(9-10-19(18)27-21)23-20(25)13-5-7-15(22)8-6-13/h2-12H,1H3,(H,23,25). The molecule has 1 heterocycles. The second-order valence-corrected chi connectivity index (χ2v) is 6.33. The Morgan fingerprint density at radius 3 is 2.67 bits per heavy atom. The Morgan fingerprint density at radius 2 is 1.89 bits per heavy atom. The Hall–Kier alpha value is -3.31. The van der Waals surface area contributed by atoms with Gasteiger partial charge in [-0.1, -0.05) is 17.7 Å². The SMILES string of the molecule is COc1cccc(-c2nc3cc(NC(=O)c4ccc(Cl)cc4)ccc3o2)c1. The van der Waals surface area contributed by atoms with Crippen LogP contribution < -0.4 is 10.1 Å². The first-order chi connectivity index (χ1) is 13.1. The molecule has 0 spiro atoms. The molecule has 0 fully saturated rings. The maximum atomic E-state index is 12.3. The van der Waals surface area contributed by atoms with Crippen molar-refractivity contribution in [1.29, 1.82) is 0 Å². The molecule has 5 nitrogen and oxygen atoms in total. The molecule has 0 unspecified atom stereocenters. The van der Waals surface area contributed by atoms with E-state index in [1.807, 2.05) is 24.3 Å². The number of anilines is 1. The highest BCUT2D eigenvalue weighted by Gasteiger charge is 2.11. The van der Waals surface area contributed by atoms with Crippen molar-refractivity contribution in [3.63, 3.8) is 0 Å². The third kappa shape index (κ3) is 3.64. The Labute approximate surface area is 160 Å². The molecule has 4 rings (SSSR count). The minimum Gasteiger partial charge on any atom is -0.497 e. The van der Waals surface area contributed by atoms with Crippen LogP contribution in [0.25, 0.3) is 22.6 Å². The molecule has 0 radical (unpaired) electrons. The van der Waals surface area contributed by atoms with Crippen LogP contribution in [0.5, 0.6) is 5.75 Å². The molecule has 0 aliphatic rings. The highest BCUT2D eigenvalue weighted by atomic mass is 35.5. The number of hydrogen-bond acceptors (Lipinski definition) is 4. The number of nitrogens with one attached hydrogen (secondary N) is 1. The van der Waals surface area contributed by atoms with Gasteiger partial charge in [-0.2, -0.15) is 0 Å². The van der Waals surface area contributed by atoms with E-state index < -0.39 is 0 Å². The summed E-state index contributed by atoms with van der Waals surface area (Å²) in [5.41, 5.74) is 3.26. The van der Waals surface area contributed by atoms with Gasteiger partial charge in [0.25, 0.3) is 5.91 Å². The molecule has 0 saturated heterocycles. The zero-order valence-corrected chi connectivity index (χ0v) is 15.2. The summed E-state index contributed by atoms with van der Waals surface area (Å²) in [6, 6.07) is 19.5. The fourth-order valence-corrected chi connectivity index (χ4v) is 2.82. The summed E-state index contributed by atoms with van der Waals surface area (Å²) in [6.07, 6.45) is 0. The van der Waals surface area contributed by atoms with Gasteiger partial charge in [0.05, 0.1) is 7.11 Å². The first-order valence-electron chi connectivity index (χ1n) is 8.24. The van der Waals surface area contributed by atoms with Crippen LogP contribution in [0.15, 0.2) is 71.1 Å². The van der Waals surface area contributed by atoms with E-state index in [4.69, 9.17) is 20.8 Å². The van der Waals surface area contributed by atoms with Crippen LogP contribution in [0.4, 0.5) is 5.69 Å². The maximum absolute atomic E-state index is 12.3. The van der Waals surface area contributed by atoms with Crippen LogP contribution in [0.1, 0.15) is 10.4 Å². The third-order valence-corrected chi connectivity index (χ3v) is 4.32. The molecule has 1 aromatic heterocycles. The van der Waals surface area contributed by atoms with Crippen molar-refractivity contribution in [2.24, 2.45) is 0 Å². The molecule has 1 N–H and O–H groups in total. The fraction of sp³-hybridized carbons (Fsp3) is 0.0476. The van der Waals surface area contributed by atoms with Crippen LogP contribution in [0.2, 0.25) is 5.02 Å². The molecular weight excluding hydrogens is 364 g/mol. The number of oxazole rings is 1. The van der Waals surface area contributed by atoms with Crippen molar-refractivity contribution in [1.82, 2.24) is 4.98 Å². The molecule has 0 aliphatic carbocycles. The lowest BCUT2D eigenvalue weighted by Gasteiger charge is -2.05. The van der Waals surface area contributed by atoms with E-state index in [9.17, 15) is 4.79 Å². The van der Waals surface area contributed by atoms with Gasteiger partial charge in [-0.15, -0.1) is 0 Å². The average molecular weight is 379 g/mol. The van der Waals surface area contributed by atoms with Crippen molar-refractivity contribution in [3.8, 4) is 17.2 Å². The van der Waals surface area contributed by atoms with Gasteiger partial charge in [0.15, 0.2) is 5.58 Å². The van der Waals surface area contributed by atoms with E-state index in [-0.39, 0.29) is 5.91 Å². The number of aromatic nitrogens is 1. The van der Waals surface area contributed by atoms with Gasteiger partial charge in [0, 0.05) is 21.8 Å². The Kier molecular flexibility index (Phi) is 4.52. The van der Waals surface area contributed by atoms with E-state index in [1.54, 1.807) is 49.6 Å². The van der Waals surface area contributed by atoms with Crippen molar-refractivity contribution in [2.45, 2.75) is 0 Å². The lowest BCUT2D eigenvalue weighted by Crippen LogP contribution is -2.11. The van der Waals surface area contributed by atoms with Gasteiger partial charge in [-0.25, -0.2) is 4.98 Å². The number of amides is 1. The molecule has 27 heavy (non-hydrogen) atoms. The quantitative estimate of drug-likeness (QED) is 0.515. The summed E-state index contributed by atoms with van der Waals surface area (Å²) < 4.78 is 11.1. The molecule has 1 amide bonds. The summed E-state index contributed by atoms with van der Waals surface area (Å²) in [5, 5.41) is 3.44. The largest absolute Gasteiger partial charge is 0.497 e. The number of halogens is 1. The monoisotopic (exact) mass is 378 g/mol. The molecule has 3 aromatic carbocycles. The van der Waals surface area contributed by atoms with Crippen molar-refractivity contribution in [2.75, 3.05) is 12.4 Å². The number of hydrogen-bond donors (Lipinski definition) is 1. The van der Waals surface area contributed by atoms with Crippen LogP contribution in [0.3, 0.4) is 0 Å². The van der Waals surface area contributed by atoms with Gasteiger partial charge in [-0.05, 0) is 60.7 Å². The molecule has 0 bridgehead atoms. The van der Waals surface area contributed by atoms with Crippen molar-refractivity contribution >= 4 is 34.3 Å². The van der Waals surface area contributed by atoms with E-state index >= 15 is 0 Å². The first kappa shape index (κ1) is 17.1. The van der Waals surface area contributed by atoms with Crippen LogP contribution >= 0.6 is 11.6 Å². The number of carbonyl (C=O) groups excluding carboxylic acids is 1. The lowest BCUT2D eigenvalue weighted by atomic mass is 10.2. The first-order valence-corrected chi connectivity index (χ1v) is 8.62. The van der Waals surface area contributed by atoms with E-state index in [0.29, 0.717) is 33.3 Å². The third-order valence-electron chi connectivity index (χ3n) is 4.07. The minimum absolute atomic E-state index is 0.220. The molecule has 4 aromatic rings. The molecule has 134 valence electrons. The topological polar surface area (TPSA) is 64.4 Å². The molecule has 0 aliphatic heterocycles. The number of carbonyl (C=O) groups is 1. The molecular formula is C21H15ClN2O3. The fourth-order valence-electron chi connectivity index (χ4n) is 2.69. The molecule has 6 heteroatoms. The van der Waals surface area contributed by atoms with Gasteiger partial charge in [-0.3, -0.25) is 4.79 Å². The van der Waals surface area contributed by atoms with E-state index in [0.717, 1.165) is 11.3 Å². The van der Waals surface area contributed by atoms with Crippen LogP contribution in [-0.4, -0.2) is 18.0 Å². The van der Waals surface area contributed by atoms with E-state index in [2.05, 4.69) is 10.3 Å². The smallest absolute Gasteiger partial charge is 0.255 e. The lowest BCUT2D eigenvalue weighted by molar-refractivity contribution is 0.102. The minimum atomic E-state index is -0.220. The number of rotatable bonds is 4. The maximum Gasteiger partial charge on any atom is 0.255 e. The summed E-state index contributed by atoms with van der Waals surface area (Å²) in [5.74, 6) is 0.998. The Balaban J connectivity index is 1.60. The highest BCUT2D eigenvalue weighted by molar-refractivity contribution is 6.30. The number of ether oxygens (including phenoxy) is 1. The second kappa shape index (κ2) is 7.13. The van der Waals surface area contributed by atoms with Crippen molar-refractivity contribution < 1.29 is 13.9 Å². The molecule has 0 saturated carbocycles. The normalized spacial score (nSPS) is 10.7. The number of methoxy groups -OCH3 is 1. The van der Waals surface area contributed by atoms with Gasteiger partial charge in [0.1, 0.15) is 11.3 Å². The molecule has 0 atom stereocenters. The Bertz CT molecular complexity index is 1120. The van der Waals surface area contributed by atoms with Gasteiger partial charge >= 0.3 is 0 Å². The average Bonchev–Trinajstić information content (AvgIpc) is 3.12. The number of fused-ring (bicyclic) bond motifs is 1. The van der Waals surface area contributed by atoms with Crippen LogP contribution in [-0.2, 0) is 0 Å². The number of benzene rings is 3.